The maximum Gasteiger partial charge on any atom is 0.255 e. The number of amides is 2. The molecule has 0 radical (unpaired) electrons. The quantitative estimate of drug-likeness (QED) is 0.375. The molecule has 1 saturated heterocycles. The average Bonchev–Trinajstić information content (AvgIpc) is 2.99. The lowest BCUT2D eigenvalue weighted by Gasteiger charge is -2.26. The number of benzene rings is 3. The number of hydrogen-bond donors (Lipinski definition) is 2. The van der Waals surface area contributed by atoms with Crippen molar-refractivity contribution in [2.45, 2.75) is 38.6 Å². The third-order valence-electron chi connectivity index (χ3n) is 7.96. The molecule has 0 atom stereocenters. The number of anilines is 2. The Bertz CT molecular complexity index is 1470. The van der Waals surface area contributed by atoms with E-state index < -0.39 is 9.84 Å². The number of hydrogen-bond acceptors (Lipinski definition) is 6. The van der Waals surface area contributed by atoms with Gasteiger partial charge in [-0.2, -0.15) is 0 Å². The summed E-state index contributed by atoms with van der Waals surface area (Å²) >= 11 is 0. The third-order valence-corrected chi connectivity index (χ3v) is 9.57. The maximum atomic E-state index is 12.9. The van der Waals surface area contributed by atoms with Crippen LogP contribution >= 0.6 is 0 Å². The molecular formula is C32H37N3O5S. The molecule has 0 unspecified atom stereocenters. The van der Waals surface area contributed by atoms with Crippen LogP contribution in [0.2, 0.25) is 0 Å². The lowest BCUT2D eigenvalue weighted by Crippen LogP contribution is -2.39. The van der Waals surface area contributed by atoms with E-state index in [0.29, 0.717) is 36.6 Å². The summed E-state index contributed by atoms with van der Waals surface area (Å²) in [6.45, 7) is 1.77. The Morgan fingerprint density at radius 1 is 0.854 bits per heavy atom. The molecule has 3 aromatic carbocycles. The number of nitrogens with zero attached hydrogens (tertiary/aromatic N) is 1. The maximum absolute atomic E-state index is 12.9. The Hall–Kier alpha value is -3.69. The molecule has 3 aromatic rings. The summed E-state index contributed by atoms with van der Waals surface area (Å²) in [6.07, 6.45) is 5.29. The Morgan fingerprint density at radius 2 is 1.51 bits per heavy atom. The molecule has 1 heterocycles. The molecule has 5 rings (SSSR count). The first-order chi connectivity index (χ1) is 19.8. The predicted octanol–water partition coefficient (Wildman–Crippen LogP) is 5.36. The van der Waals surface area contributed by atoms with E-state index in [1.54, 1.807) is 19.2 Å². The number of sulfone groups is 1. The van der Waals surface area contributed by atoms with Crippen LogP contribution in [-0.4, -0.2) is 56.8 Å². The van der Waals surface area contributed by atoms with Crippen LogP contribution in [0.3, 0.4) is 0 Å². The molecule has 216 valence electrons. The topological polar surface area (TPSA) is 105 Å². The van der Waals surface area contributed by atoms with Crippen molar-refractivity contribution < 1.29 is 22.7 Å². The molecule has 0 bridgehead atoms. The normalized spacial score (nSPS) is 17.5. The van der Waals surface area contributed by atoms with Gasteiger partial charge in [0, 0.05) is 48.1 Å². The average molecular weight is 576 g/mol. The van der Waals surface area contributed by atoms with Crippen LogP contribution in [-0.2, 0) is 21.2 Å². The number of ether oxygens (including phenoxy) is 1. The monoisotopic (exact) mass is 575 g/mol. The van der Waals surface area contributed by atoms with Crippen molar-refractivity contribution in [3.05, 3.63) is 77.9 Å². The first-order valence-electron chi connectivity index (χ1n) is 14.2. The highest BCUT2D eigenvalue weighted by molar-refractivity contribution is 7.91. The van der Waals surface area contributed by atoms with Crippen LogP contribution in [0.1, 0.15) is 48.0 Å². The molecule has 0 aromatic heterocycles. The zero-order chi connectivity index (χ0) is 28.8. The van der Waals surface area contributed by atoms with Crippen molar-refractivity contribution in [1.29, 1.82) is 0 Å². The highest BCUT2D eigenvalue weighted by atomic mass is 32.2. The van der Waals surface area contributed by atoms with Gasteiger partial charge < -0.3 is 15.4 Å². The fourth-order valence-corrected chi connectivity index (χ4v) is 6.76. The molecule has 2 fully saturated rings. The van der Waals surface area contributed by atoms with Crippen molar-refractivity contribution in [2.24, 2.45) is 5.92 Å². The highest BCUT2D eigenvalue weighted by Gasteiger charge is 2.22. The number of nitrogens with one attached hydrogen (secondary N) is 2. The van der Waals surface area contributed by atoms with Crippen LogP contribution in [0, 0.1) is 5.92 Å². The predicted molar refractivity (Wildman–Crippen MR) is 162 cm³/mol. The molecule has 2 N–H and O–H groups in total. The lowest BCUT2D eigenvalue weighted by molar-refractivity contribution is -0.120. The zero-order valence-electron chi connectivity index (χ0n) is 23.4. The Kier molecular flexibility index (Phi) is 9.05. The summed E-state index contributed by atoms with van der Waals surface area (Å²) < 4.78 is 28.9. The van der Waals surface area contributed by atoms with Crippen LogP contribution in [0.4, 0.5) is 11.4 Å². The van der Waals surface area contributed by atoms with Crippen molar-refractivity contribution >= 4 is 33.0 Å². The van der Waals surface area contributed by atoms with Crippen LogP contribution in [0.15, 0.2) is 66.7 Å². The van der Waals surface area contributed by atoms with E-state index in [-0.39, 0.29) is 29.2 Å². The molecule has 2 aliphatic rings. The summed E-state index contributed by atoms with van der Waals surface area (Å²) in [4.78, 5) is 27.8. The van der Waals surface area contributed by atoms with Gasteiger partial charge >= 0.3 is 0 Å². The molecule has 1 aliphatic heterocycles. The van der Waals surface area contributed by atoms with E-state index in [4.69, 9.17) is 4.74 Å². The third kappa shape index (κ3) is 7.54. The fraction of sp³-hybridized carbons (Fsp3) is 0.375. The zero-order valence-corrected chi connectivity index (χ0v) is 24.2. The number of carbonyl (C=O) groups is 2. The van der Waals surface area contributed by atoms with E-state index in [1.165, 1.54) is 6.42 Å². The van der Waals surface area contributed by atoms with E-state index in [1.807, 2.05) is 54.6 Å². The molecule has 1 saturated carbocycles. The molecule has 1 aliphatic carbocycles. The van der Waals surface area contributed by atoms with Crippen molar-refractivity contribution in [1.82, 2.24) is 4.90 Å². The van der Waals surface area contributed by atoms with Gasteiger partial charge in [0.05, 0.1) is 18.6 Å². The van der Waals surface area contributed by atoms with Crippen molar-refractivity contribution in [3.63, 3.8) is 0 Å². The minimum atomic E-state index is -2.90. The Morgan fingerprint density at radius 3 is 2.17 bits per heavy atom. The highest BCUT2D eigenvalue weighted by Crippen LogP contribution is 2.33. The molecule has 0 spiro atoms. The Balaban J connectivity index is 1.21. The summed E-state index contributed by atoms with van der Waals surface area (Å²) in [6, 6.07) is 20.5. The largest absolute Gasteiger partial charge is 0.496 e. The van der Waals surface area contributed by atoms with Gasteiger partial charge in [0.25, 0.3) is 5.91 Å². The van der Waals surface area contributed by atoms with Gasteiger partial charge in [-0.3, -0.25) is 14.5 Å². The SMILES string of the molecule is COc1ccc(NC(=O)C2CCCCC2)cc1-c1ccc(C(=O)Nc2ccc(CN3CCS(=O)(=O)CC3)cc2)cc1. The van der Waals surface area contributed by atoms with Crippen LogP contribution in [0.5, 0.6) is 5.75 Å². The standard InChI is InChI=1S/C32H37N3O5S/c1-40-30-16-15-28(34-31(36)25-5-3-2-4-6-25)21-29(30)24-9-11-26(12-10-24)32(37)33-27-13-7-23(8-14-27)22-35-17-19-41(38,39)20-18-35/h7-16,21,25H,2-6,17-20,22H2,1H3,(H,33,37)(H,34,36). The van der Waals surface area contributed by atoms with Crippen LogP contribution in [0.25, 0.3) is 11.1 Å². The summed E-state index contributed by atoms with van der Waals surface area (Å²) in [5.74, 6) is 1.02. The van der Waals surface area contributed by atoms with Gasteiger partial charge in [-0.25, -0.2) is 8.42 Å². The second-order valence-electron chi connectivity index (χ2n) is 10.9. The number of methoxy groups -OCH3 is 1. The van der Waals surface area contributed by atoms with Gasteiger partial charge in [0.2, 0.25) is 5.91 Å². The smallest absolute Gasteiger partial charge is 0.255 e. The van der Waals surface area contributed by atoms with Gasteiger partial charge in [0.1, 0.15) is 5.75 Å². The van der Waals surface area contributed by atoms with Crippen molar-refractivity contribution in [3.8, 4) is 16.9 Å². The Labute approximate surface area is 242 Å². The molecular weight excluding hydrogens is 538 g/mol. The first kappa shape index (κ1) is 28.8. The summed E-state index contributed by atoms with van der Waals surface area (Å²) in [5.41, 5.74) is 4.72. The van der Waals surface area contributed by atoms with Gasteiger partial charge in [0.15, 0.2) is 9.84 Å². The molecule has 8 nitrogen and oxygen atoms in total. The lowest BCUT2D eigenvalue weighted by atomic mass is 9.88. The second kappa shape index (κ2) is 12.9. The summed E-state index contributed by atoms with van der Waals surface area (Å²) in [5, 5.41) is 6.01. The van der Waals surface area contributed by atoms with E-state index in [0.717, 1.165) is 48.1 Å². The van der Waals surface area contributed by atoms with E-state index >= 15 is 0 Å². The van der Waals surface area contributed by atoms with E-state index in [2.05, 4.69) is 15.5 Å². The van der Waals surface area contributed by atoms with E-state index in [9.17, 15) is 18.0 Å². The fourth-order valence-electron chi connectivity index (χ4n) is 5.48. The summed E-state index contributed by atoms with van der Waals surface area (Å²) in [7, 11) is -1.28. The number of rotatable bonds is 8. The van der Waals surface area contributed by atoms with Gasteiger partial charge in [-0.1, -0.05) is 43.5 Å². The number of carbonyl (C=O) groups excluding carboxylic acids is 2. The first-order valence-corrected chi connectivity index (χ1v) is 16.0. The van der Waals surface area contributed by atoms with Crippen molar-refractivity contribution in [2.75, 3.05) is 42.3 Å². The molecule has 9 heteroatoms. The van der Waals surface area contributed by atoms with Gasteiger partial charge in [-0.05, 0) is 66.4 Å². The molecule has 2 amide bonds. The minimum absolute atomic E-state index is 0.0686. The second-order valence-corrected chi connectivity index (χ2v) is 13.2. The molecule has 41 heavy (non-hydrogen) atoms. The van der Waals surface area contributed by atoms with Crippen LogP contribution < -0.4 is 15.4 Å². The minimum Gasteiger partial charge on any atom is -0.496 e. The van der Waals surface area contributed by atoms with Gasteiger partial charge in [-0.15, -0.1) is 0 Å².